The Morgan fingerprint density at radius 3 is 1.37 bits per heavy atom. The van der Waals surface area contributed by atoms with E-state index in [0.717, 1.165) is 11.1 Å². The molecule has 148 valence electrons. The van der Waals surface area contributed by atoms with Crippen molar-refractivity contribution >= 4 is 15.2 Å². The zero-order chi connectivity index (χ0) is 19.6. The van der Waals surface area contributed by atoms with E-state index in [9.17, 15) is 9.13 Å². The van der Waals surface area contributed by atoms with E-state index in [1.54, 1.807) is 13.8 Å². The molecule has 2 rings (SSSR count). The topological polar surface area (TPSA) is 71.1 Å². The first-order valence-corrected chi connectivity index (χ1v) is 12.3. The highest BCUT2D eigenvalue weighted by molar-refractivity contribution is 7.71. The van der Waals surface area contributed by atoms with Crippen LogP contribution in [0.15, 0.2) is 60.7 Å². The summed E-state index contributed by atoms with van der Waals surface area (Å²) in [4.78, 5) is 0. The maximum Gasteiger partial charge on any atom is 0.343 e. The van der Waals surface area contributed by atoms with Crippen LogP contribution in [-0.2, 0) is 40.4 Å². The second kappa shape index (κ2) is 10.9. The van der Waals surface area contributed by atoms with E-state index in [-0.39, 0.29) is 26.4 Å². The van der Waals surface area contributed by atoms with Gasteiger partial charge in [0.05, 0.1) is 26.4 Å². The molecule has 0 unspecified atom stereocenters. The Kier molecular flexibility index (Phi) is 8.91. The maximum atomic E-state index is 13.3. The first kappa shape index (κ1) is 22.0. The third-order valence-corrected chi connectivity index (χ3v) is 8.66. The van der Waals surface area contributed by atoms with Gasteiger partial charge in [0.2, 0.25) is 0 Å². The van der Waals surface area contributed by atoms with Gasteiger partial charge >= 0.3 is 15.2 Å². The van der Waals surface area contributed by atoms with E-state index in [2.05, 4.69) is 0 Å². The number of hydrogen-bond donors (Lipinski definition) is 0. The molecule has 0 radical (unpaired) electrons. The molecule has 2 aromatic rings. The van der Waals surface area contributed by atoms with Gasteiger partial charge in [-0.25, -0.2) is 0 Å². The summed E-state index contributed by atoms with van der Waals surface area (Å²) in [6, 6.07) is 18.6. The Bertz CT molecular complexity index is 709. The Balaban J connectivity index is 2.15. The van der Waals surface area contributed by atoms with Crippen molar-refractivity contribution in [3.05, 3.63) is 71.8 Å². The normalized spacial score (nSPS) is 12.2. The van der Waals surface area contributed by atoms with Gasteiger partial charge in [0.1, 0.15) is 0 Å². The first-order valence-electron chi connectivity index (χ1n) is 8.83. The van der Waals surface area contributed by atoms with Crippen molar-refractivity contribution in [3.63, 3.8) is 0 Å². The van der Waals surface area contributed by atoms with Gasteiger partial charge in [-0.05, 0) is 25.0 Å². The summed E-state index contributed by atoms with van der Waals surface area (Å²) in [6.07, 6.45) is 0. The van der Waals surface area contributed by atoms with Gasteiger partial charge in [0, 0.05) is 0 Å². The van der Waals surface area contributed by atoms with Crippen LogP contribution in [0.3, 0.4) is 0 Å². The van der Waals surface area contributed by atoms with E-state index in [1.165, 1.54) is 0 Å². The molecule has 27 heavy (non-hydrogen) atoms. The molecule has 0 aromatic heterocycles. The summed E-state index contributed by atoms with van der Waals surface area (Å²) in [5.41, 5.74) is 1.67. The second-order valence-electron chi connectivity index (χ2n) is 5.72. The zero-order valence-corrected chi connectivity index (χ0v) is 17.4. The van der Waals surface area contributed by atoms with Gasteiger partial charge in [-0.1, -0.05) is 60.7 Å². The molecule has 0 aliphatic carbocycles. The lowest BCUT2D eigenvalue weighted by molar-refractivity contribution is 0.186. The monoisotopic (exact) mass is 412 g/mol. The lowest BCUT2D eigenvalue weighted by atomic mass is 10.2. The van der Waals surface area contributed by atoms with Crippen LogP contribution in [-0.4, -0.2) is 19.1 Å². The third kappa shape index (κ3) is 7.71. The Hall–Kier alpha value is -1.26. The SMILES string of the molecule is CCOP(=O)(CP(=O)(OCc1ccccc1)OCc1ccccc1)OCC. The van der Waals surface area contributed by atoms with E-state index in [1.807, 2.05) is 60.7 Å². The summed E-state index contributed by atoms with van der Waals surface area (Å²) >= 11 is 0. The van der Waals surface area contributed by atoms with Crippen molar-refractivity contribution in [1.29, 1.82) is 0 Å². The summed E-state index contributed by atoms with van der Waals surface area (Å²) in [5.74, 6) is -0.429. The lowest BCUT2D eigenvalue weighted by Crippen LogP contribution is -2.06. The third-order valence-electron chi connectivity index (χ3n) is 3.54. The average Bonchev–Trinajstić information content (AvgIpc) is 2.67. The maximum absolute atomic E-state index is 13.3. The minimum absolute atomic E-state index is 0.0746. The highest BCUT2D eigenvalue weighted by Gasteiger charge is 2.38. The van der Waals surface area contributed by atoms with Crippen molar-refractivity contribution in [3.8, 4) is 0 Å². The van der Waals surface area contributed by atoms with Crippen LogP contribution in [0.2, 0.25) is 0 Å². The molecule has 0 atom stereocenters. The summed E-state index contributed by atoms with van der Waals surface area (Å²) < 4.78 is 48.0. The molecule has 0 heterocycles. The molecular formula is C19H26O6P2. The van der Waals surface area contributed by atoms with E-state index >= 15 is 0 Å². The molecule has 0 N–H and O–H groups in total. The molecule has 0 aliphatic rings. The quantitative estimate of drug-likeness (QED) is 0.408. The molecule has 0 amide bonds. The molecule has 0 spiro atoms. The van der Waals surface area contributed by atoms with Gasteiger partial charge < -0.3 is 18.1 Å². The molecule has 0 saturated heterocycles. The molecular weight excluding hydrogens is 386 g/mol. The highest BCUT2D eigenvalue weighted by atomic mass is 31.2. The van der Waals surface area contributed by atoms with Gasteiger partial charge in [0.25, 0.3) is 0 Å². The fourth-order valence-corrected chi connectivity index (χ4v) is 6.97. The van der Waals surface area contributed by atoms with Gasteiger partial charge in [-0.2, -0.15) is 0 Å². The van der Waals surface area contributed by atoms with Crippen LogP contribution in [0.4, 0.5) is 0 Å². The molecule has 0 aliphatic heterocycles. The Morgan fingerprint density at radius 1 is 0.630 bits per heavy atom. The predicted molar refractivity (Wildman–Crippen MR) is 106 cm³/mol. The van der Waals surface area contributed by atoms with Crippen LogP contribution < -0.4 is 0 Å². The molecule has 0 saturated carbocycles. The number of rotatable bonds is 12. The summed E-state index contributed by atoms with van der Waals surface area (Å²) in [7, 11) is -7.34. The lowest BCUT2D eigenvalue weighted by Gasteiger charge is -2.23. The van der Waals surface area contributed by atoms with Crippen molar-refractivity contribution < 1.29 is 27.2 Å². The highest BCUT2D eigenvalue weighted by Crippen LogP contribution is 2.64. The fourth-order valence-electron chi connectivity index (χ4n) is 2.34. The number of benzene rings is 2. The largest absolute Gasteiger partial charge is 0.343 e. The van der Waals surface area contributed by atoms with Gasteiger partial charge in [-0.3, -0.25) is 9.13 Å². The van der Waals surface area contributed by atoms with Crippen LogP contribution in [0.5, 0.6) is 0 Å². The van der Waals surface area contributed by atoms with Crippen LogP contribution in [0.25, 0.3) is 0 Å². The minimum atomic E-state index is -3.74. The minimum Gasteiger partial charge on any atom is -0.308 e. The van der Waals surface area contributed by atoms with E-state index in [4.69, 9.17) is 18.1 Å². The smallest absolute Gasteiger partial charge is 0.308 e. The molecule has 6 nitrogen and oxygen atoms in total. The molecule has 2 aromatic carbocycles. The van der Waals surface area contributed by atoms with Gasteiger partial charge in [0.15, 0.2) is 5.90 Å². The summed E-state index contributed by atoms with van der Waals surface area (Å²) in [5, 5.41) is 0. The first-order chi connectivity index (χ1) is 13.0. The van der Waals surface area contributed by atoms with Crippen molar-refractivity contribution in [1.82, 2.24) is 0 Å². The second-order valence-corrected chi connectivity index (χ2v) is 10.3. The molecule has 8 heteroatoms. The van der Waals surface area contributed by atoms with Gasteiger partial charge in [-0.15, -0.1) is 0 Å². The van der Waals surface area contributed by atoms with Crippen molar-refractivity contribution in [2.24, 2.45) is 0 Å². The zero-order valence-electron chi connectivity index (χ0n) is 15.7. The van der Waals surface area contributed by atoms with Crippen LogP contribution in [0, 0.1) is 0 Å². The fraction of sp³-hybridized carbons (Fsp3) is 0.368. The van der Waals surface area contributed by atoms with Crippen LogP contribution in [0.1, 0.15) is 25.0 Å². The predicted octanol–water partition coefficient (Wildman–Crippen LogP) is 5.84. The number of hydrogen-bond acceptors (Lipinski definition) is 6. The Morgan fingerprint density at radius 2 is 1.00 bits per heavy atom. The summed E-state index contributed by atoms with van der Waals surface area (Å²) in [6.45, 7) is 3.90. The van der Waals surface area contributed by atoms with Crippen molar-refractivity contribution in [2.75, 3.05) is 19.1 Å². The average molecular weight is 412 g/mol. The van der Waals surface area contributed by atoms with Crippen molar-refractivity contribution in [2.45, 2.75) is 27.1 Å². The molecule has 0 fully saturated rings. The molecule has 0 bridgehead atoms. The standard InChI is InChI=1S/C19H26O6P2/c1-3-22-26(20,23-4-2)17-27(21,24-15-18-11-7-5-8-12-18)25-16-19-13-9-6-10-14-19/h5-14H,3-4,15-17H2,1-2H3. The van der Waals surface area contributed by atoms with E-state index in [0.29, 0.717) is 0 Å². The Labute approximate surface area is 160 Å². The van der Waals surface area contributed by atoms with E-state index < -0.39 is 21.1 Å². The van der Waals surface area contributed by atoms with Crippen LogP contribution >= 0.6 is 15.2 Å².